The van der Waals surface area contributed by atoms with Gasteiger partial charge in [0.05, 0.1) is 17.4 Å². The molecule has 1 aliphatic rings. The highest BCUT2D eigenvalue weighted by atomic mass is 15.2. The van der Waals surface area contributed by atoms with E-state index in [9.17, 15) is 0 Å². The number of rotatable bonds is 5. The third-order valence-corrected chi connectivity index (χ3v) is 3.82. The van der Waals surface area contributed by atoms with Crippen molar-refractivity contribution in [2.75, 3.05) is 20.6 Å². The third kappa shape index (κ3) is 3.46. The molecule has 0 spiro atoms. The van der Waals surface area contributed by atoms with Crippen LogP contribution in [0.15, 0.2) is 24.7 Å². The Morgan fingerprint density at radius 2 is 2.29 bits per heavy atom. The van der Waals surface area contributed by atoms with Crippen LogP contribution in [0.25, 0.3) is 0 Å². The lowest BCUT2D eigenvalue weighted by Crippen LogP contribution is -2.24. The highest BCUT2D eigenvalue weighted by Gasteiger charge is 2.27. The second kappa shape index (κ2) is 6.32. The molecule has 0 unspecified atom stereocenters. The Hall–Kier alpha value is -1.79. The van der Waals surface area contributed by atoms with Gasteiger partial charge in [0.1, 0.15) is 0 Å². The molecule has 1 atom stereocenters. The zero-order valence-corrected chi connectivity index (χ0v) is 12.7. The predicted octanol–water partition coefficient (Wildman–Crippen LogP) is 1.60. The molecule has 1 aliphatic heterocycles. The number of nitrogens with zero attached hydrogens (tertiary/aromatic N) is 5. The number of hydrogen-bond donors (Lipinski definition) is 1. The van der Waals surface area contributed by atoms with Crippen LogP contribution in [0.3, 0.4) is 0 Å². The van der Waals surface area contributed by atoms with Crippen LogP contribution in [-0.2, 0) is 13.1 Å². The highest BCUT2D eigenvalue weighted by molar-refractivity contribution is 5.10. The van der Waals surface area contributed by atoms with E-state index in [-0.39, 0.29) is 0 Å². The quantitative estimate of drug-likeness (QED) is 0.904. The largest absolute Gasteiger partial charge is 0.304 e. The molecule has 1 N–H and O–H groups in total. The lowest BCUT2D eigenvalue weighted by Gasteiger charge is -2.23. The molecule has 112 valence electrons. The van der Waals surface area contributed by atoms with Crippen molar-refractivity contribution in [1.82, 2.24) is 30.0 Å². The van der Waals surface area contributed by atoms with Gasteiger partial charge in [0.2, 0.25) is 0 Å². The van der Waals surface area contributed by atoms with E-state index in [0.717, 1.165) is 43.1 Å². The third-order valence-electron chi connectivity index (χ3n) is 3.82. The summed E-state index contributed by atoms with van der Waals surface area (Å²) in [5.74, 6) is 0. The van der Waals surface area contributed by atoms with Gasteiger partial charge >= 0.3 is 0 Å². The Labute approximate surface area is 125 Å². The number of nitrogens with one attached hydrogen (secondary N) is 1. The van der Waals surface area contributed by atoms with Gasteiger partial charge in [0, 0.05) is 37.4 Å². The smallest absolute Gasteiger partial charge is 0.0762 e. The summed E-state index contributed by atoms with van der Waals surface area (Å²) in [6, 6.07) is 2.40. The van der Waals surface area contributed by atoms with Crippen molar-refractivity contribution in [3.8, 4) is 0 Å². The zero-order valence-electron chi connectivity index (χ0n) is 12.7. The lowest BCUT2D eigenvalue weighted by atomic mass is 10.1. The fourth-order valence-corrected chi connectivity index (χ4v) is 2.93. The van der Waals surface area contributed by atoms with Crippen LogP contribution < -0.4 is 0 Å². The molecule has 0 bridgehead atoms. The average Bonchev–Trinajstić information content (AvgIpc) is 3.10. The van der Waals surface area contributed by atoms with Crippen LogP contribution in [0, 0.1) is 0 Å². The summed E-state index contributed by atoms with van der Waals surface area (Å²) in [5.41, 5.74) is 3.27. The first-order valence-electron chi connectivity index (χ1n) is 7.40. The standard InChI is InChI=1S/C15H22N6/c1-20(2)10-13-8-16-9-14(18-13)15-4-3-7-21(15)11-12-5-6-17-19-12/h5-6,8-9,15H,3-4,7,10-11H2,1-2H3,(H,17,19)/t15-/m1/s1. The lowest BCUT2D eigenvalue weighted by molar-refractivity contribution is 0.240. The van der Waals surface area contributed by atoms with Crippen molar-refractivity contribution in [2.45, 2.75) is 32.0 Å². The summed E-state index contributed by atoms with van der Waals surface area (Å²) in [6.45, 7) is 2.82. The first kappa shape index (κ1) is 14.2. The molecular weight excluding hydrogens is 264 g/mol. The molecule has 0 aromatic carbocycles. The van der Waals surface area contributed by atoms with E-state index in [1.165, 1.54) is 6.42 Å². The molecule has 2 aromatic rings. The first-order valence-corrected chi connectivity index (χ1v) is 7.40. The monoisotopic (exact) mass is 286 g/mol. The SMILES string of the molecule is CN(C)Cc1cncc([C@H]2CCCN2Cc2ccn[nH]2)n1. The number of likely N-dealkylation sites (tertiary alicyclic amines) is 1. The number of aromatic nitrogens is 4. The van der Waals surface area contributed by atoms with Gasteiger partial charge < -0.3 is 4.90 Å². The molecule has 1 saturated heterocycles. The summed E-state index contributed by atoms with van der Waals surface area (Å²) in [4.78, 5) is 13.8. The molecule has 0 aliphatic carbocycles. The fraction of sp³-hybridized carbons (Fsp3) is 0.533. The average molecular weight is 286 g/mol. The van der Waals surface area contributed by atoms with Crippen molar-refractivity contribution < 1.29 is 0 Å². The van der Waals surface area contributed by atoms with Gasteiger partial charge in [-0.25, -0.2) is 0 Å². The van der Waals surface area contributed by atoms with E-state index in [4.69, 9.17) is 4.98 Å². The maximum Gasteiger partial charge on any atom is 0.0762 e. The summed E-state index contributed by atoms with van der Waals surface area (Å²) in [6.07, 6.45) is 7.93. The van der Waals surface area contributed by atoms with Crippen LogP contribution in [0.4, 0.5) is 0 Å². The van der Waals surface area contributed by atoms with Crippen LogP contribution in [-0.4, -0.2) is 50.6 Å². The second-order valence-corrected chi connectivity index (χ2v) is 5.88. The van der Waals surface area contributed by atoms with E-state index in [1.54, 1.807) is 6.20 Å². The predicted molar refractivity (Wildman–Crippen MR) is 80.4 cm³/mol. The van der Waals surface area contributed by atoms with Crippen molar-refractivity contribution in [2.24, 2.45) is 0 Å². The van der Waals surface area contributed by atoms with Gasteiger partial charge in [-0.3, -0.25) is 20.0 Å². The van der Waals surface area contributed by atoms with E-state index >= 15 is 0 Å². The molecule has 6 nitrogen and oxygen atoms in total. The van der Waals surface area contributed by atoms with E-state index < -0.39 is 0 Å². The molecule has 3 heterocycles. The Morgan fingerprint density at radius 3 is 3.05 bits per heavy atom. The second-order valence-electron chi connectivity index (χ2n) is 5.88. The van der Waals surface area contributed by atoms with Crippen LogP contribution in [0.2, 0.25) is 0 Å². The minimum atomic E-state index is 0.364. The van der Waals surface area contributed by atoms with Crippen molar-refractivity contribution >= 4 is 0 Å². The van der Waals surface area contributed by atoms with Crippen molar-refractivity contribution in [3.05, 3.63) is 41.7 Å². The Balaban J connectivity index is 1.75. The van der Waals surface area contributed by atoms with Gasteiger partial charge in [-0.1, -0.05) is 0 Å². The molecule has 0 amide bonds. The molecule has 6 heteroatoms. The maximum absolute atomic E-state index is 4.80. The highest BCUT2D eigenvalue weighted by Crippen LogP contribution is 2.31. The summed E-state index contributed by atoms with van der Waals surface area (Å²) >= 11 is 0. The Bertz CT molecular complexity index is 565. The summed E-state index contributed by atoms with van der Waals surface area (Å²) in [5, 5.41) is 7.06. The maximum atomic E-state index is 4.80. The molecule has 1 fully saturated rings. The van der Waals surface area contributed by atoms with Gasteiger partial charge in [0.15, 0.2) is 0 Å². The minimum Gasteiger partial charge on any atom is -0.304 e. The zero-order chi connectivity index (χ0) is 14.7. The van der Waals surface area contributed by atoms with E-state index in [2.05, 4.69) is 39.1 Å². The van der Waals surface area contributed by atoms with Crippen molar-refractivity contribution in [1.29, 1.82) is 0 Å². The van der Waals surface area contributed by atoms with Gasteiger partial charge in [0.25, 0.3) is 0 Å². The normalized spacial score (nSPS) is 19.5. The summed E-state index contributed by atoms with van der Waals surface area (Å²) < 4.78 is 0. The minimum absolute atomic E-state index is 0.364. The molecule has 0 saturated carbocycles. The van der Waals surface area contributed by atoms with Gasteiger partial charge in [-0.2, -0.15) is 5.10 Å². The Kier molecular flexibility index (Phi) is 4.26. The first-order chi connectivity index (χ1) is 10.2. The van der Waals surface area contributed by atoms with Gasteiger partial charge in [-0.05, 0) is 39.5 Å². The molecular formula is C15H22N6. The molecule has 2 aromatic heterocycles. The number of aromatic amines is 1. The molecule has 21 heavy (non-hydrogen) atoms. The van der Waals surface area contributed by atoms with Crippen LogP contribution in [0.5, 0.6) is 0 Å². The summed E-state index contributed by atoms with van der Waals surface area (Å²) in [7, 11) is 4.10. The van der Waals surface area contributed by atoms with Crippen LogP contribution in [0.1, 0.15) is 36.0 Å². The molecule has 0 radical (unpaired) electrons. The van der Waals surface area contributed by atoms with E-state index in [1.807, 2.05) is 18.5 Å². The topological polar surface area (TPSA) is 60.9 Å². The van der Waals surface area contributed by atoms with E-state index in [0.29, 0.717) is 6.04 Å². The number of hydrogen-bond acceptors (Lipinski definition) is 5. The molecule has 3 rings (SSSR count). The number of H-pyrrole nitrogens is 1. The Morgan fingerprint density at radius 1 is 1.38 bits per heavy atom. The fourth-order valence-electron chi connectivity index (χ4n) is 2.93. The van der Waals surface area contributed by atoms with Crippen molar-refractivity contribution in [3.63, 3.8) is 0 Å². The van der Waals surface area contributed by atoms with Gasteiger partial charge in [-0.15, -0.1) is 0 Å². The van der Waals surface area contributed by atoms with Crippen LogP contribution >= 0.6 is 0 Å².